The van der Waals surface area contributed by atoms with Crippen LogP contribution in [-0.2, 0) is 6.54 Å². The molecule has 3 N–H and O–H groups in total. The number of aryl methyl sites for hydroxylation is 1. The zero-order valence-corrected chi connectivity index (χ0v) is 15.7. The minimum absolute atomic E-state index is 0.543. The number of hydrogen-bond donors (Lipinski definition) is 2. The van der Waals surface area contributed by atoms with Gasteiger partial charge >= 0.3 is 0 Å². The second-order valence-corrected chi connectivity index (χ2v) is 7.26. The van der Waals surface area contributed by atoms with Gasteiger partial charge in [0.05, 0.1) is 21.9 Å². The van der Waals surface area contributed by atoms with Crippen molar-refractivity contribution >= 4 is 28.2 Å². The summed E-state index contributed by atoms with van der Waals surface area (Å²) >= 11 is 6.27. The highest BCUT2D eigenvalue weighted by Gasteiger charge is 2.11. The molecule has 4 nitrogen and oxygen atoms in total. The largest absolute Gasteiger partial charge is 0.397 e. The summed E-state index contributed by atoms with van der Waals surface area (Å²) in [6.45, 7) is 7.26. The fourth-order valence-electron chi connectivity index (χ4n) is 3.50. The highest BCUT2D eigenvalue weighted by molar-refractivity contribution is 6.35. The Morgan fingerprint density at radius 3 is 2.50 bits per heavy atom. The Kier molecular flexibility index (Phi) is 4.81. The second-order valence-electron chi connectivity index (χ2n) is 6.88. The zero-order chi connectivity index (χ0) is 18.1. The summed E-state index contributed by atoms with van der Waals surface area (Å²) < 4.78 is 0. The number of hydrogen-bond acceptors (Lipinski definition) is 4. The molecule has 1 saturated heterocycles. The molecular weight excluding hydrogens is 344 g/mol. The van der Waals surface area contributed by atoms with Crippen LogP contribution in [0, 0.1) is 6.92 Å². The van der Waals surface area contributed by atoms with Crippen LogP contribution in [0.5, 0.6) is 0 Å². The fraction of sp³-hybridized carbons (Fsp3) is 0.286. The first-order valence-corrected chi connectivity index (χ1v) is 9.37. The minimum atomic E-state index is 0.543. The van der Waals surface area contributed by atoms with E-state index in [1.165, 1.54) is 11.1 Å². The molecule has 0 bridgehead atoms. The van der Waals surface area contributed by atoms with Crippen LogP contribution in [0.2, 0.25) is 5.02 Å². The minimum Gasteiger partial charge on any atom is -0.397 e. The Bertz CT molecular complexity index is 931. The second kappa shape index (κ2) is 7.23. The maximum absolute atomic E-state index is 6.27. The Balaban J connectivity index is 1.60. The van der Waals surface area contributed by atoms with Crippen molar-refractivity contribution in [3.05, 3.63) is 58.7 Å². The van der Waals surface area contributed by atoms with Gasteiger partial charge in [-0.2, -0.15) is 0 Å². The number of nitrogen functional groups attached to an aromatic ring is 1. The van der Waals surface area contributed by atoms with Crippen LogP contribution in [0.4, 0.5) is 5.69 Å². The van der Waals surface area contributed by atoms with Crippen molar-refractivity contribution in [2.45, 2.75) is 13.5 Å². The molecule has 0 atom stereocenters. The third kappa shape index (κ3) is 3.40. The van der Waals surface area contributed by atoms with E-state index in [0.717, 1.165) is 54.9 Å². The van der Waals surface area contributed by atoms with Crippen molar-refractivity contribution in [1.82, 2.24) is 15.2 Å². The van der Waals surface area contributed by atoms with Gasteiger partial charge in [0, 0.05) is 38.1 Å². The summed E-state index contributed by atoms with van der Waals surface area (Å²) in [7, 11) is 0. The van der Waals surface area contributed by atoms with Crippen molar-refractivity contribution in [3.8, 4) is 11.1 Å². The van der Waals surface area contributed by atoms with Crippen molar-refractivity contribution in [3.63, 3.8) is 0 Å². The van der Waals surface area contributed by atoms with E-state index < -0.39 is 0 Å². The molecule has 2 aromatic carbocycles. The lowest BCUT2D eigenvalue weighted by Gasteiger charge is -2.27. The Morgan fingerprint density at radius 2 is 1.77 bits per heavy atom. The molecule has 1 aromatic heterocycles. The standard InChI is InChI=1S/C21H23ClN4/c1-14-20(22)21(23)18-12-17(6-7-19(18)25-14)16-4-2-15(3-5-16)13-26-10-8-24-9-11-26/h2-7,12,24H,8-11,13H2,1H3,(H2,23,25). The maximum atomic E-state index is 6.27. The van der Waals surface area contributed by atoms with Gasteiger partial charge in [0.25, 0.3) is 0 Å². The van der Waals surface area contributed by atoms with Crippen molar-refractivity contribution < 1.29 is 0 Å². The Labute approximate surface area is 159 Å². The number of nitrogens with two attached hydrogens (primary N) is 1. The highest BCUT2D eigenvalue weighted by atomic mass is 35.5. The molecule has 4 rings (SSSR count). The molecule has 3 aromatic rings. The number of nitrogens with one attached hydrogen (secondary N) is 1. The van der Waals surface area contributed by atoms with Crippen LogP contribution in [0.15, 0.2) is 42.5 Å². The third-order valence-corrected chi connectivity index (χ3v) is 5.51. The number of piperazine rings is 1. The van der Waals surface area contributed by atoms with E-state index in [-0.39, 0.29) is 0 Å². The van der Waals surface area contributed by atoms with E-state index in [4.69, 9.17) is 17.3 Å². The molecular formula is C21H23ClN4. The van der Waals surface area contributed by atoms with E-state index >= 15 is 0 Å². The van der Waals surface area contributed by atoms with Gasteiger partial charge in [-0.05, 0) is 35.7 Å². The lowest BCUT2D eigenvalue weighted by atomic mass is 10.0. The fourth-order valence-corrected chi connectivity index (χ4v) is 3.65. The number of pyridine rings is 1. The Morgan fingerprint density at radius 1 is 1.08 bits per heavy atom. The average Bonchev–Trinajstić information content (AvgIpc) is 2.68. The van der Waals surface area contributed by atoms with Crippen molar-refractivity contribution in [2.24, 2.45) is 0 Å². The van der Waals surface area contributed by atoms with Crippen LogP contribution in [0.3, 0.4) is 0 Å². The lowest BCUT2D eigenvalue weighted by molar-refractivity contribution is 0.233. The first-order valence-electron chi connectivity index (χ1n) is 8.99. The number of rotatable bonds is 3. The first-order chi connectivity index (χ1) is 12.6. The van der Waals surface area contributed by atoms with E-state index in [1.54, 1.807) is 0 Å². The number of halogens is 1. The molecule has 0 aliphatic carbocycles. The predicted octanol–water partition coefficient (Wildman–Crippen LogP) is 3.85. The van der Waals surface area contributed by atoms with Gasteiger partial charge in [0.1, 0.15) is 0 Å². The van der Waals surface area contributed by atoms with Gasteiger partial charge in [0.15, 0.2) is 0 Å². The molecule has 0 radical (unpaired) electrons. The van der Waals surface area contributed by atoms with Crippen LogP contribution >= 0.6 is 11.6 Å². The molecule has 1 aliphatic heterocycles. The topological polar surface area (TPSA) is 54.2 Å². The number of benzene rings is 2. The normalized spacial score (nSPS) is 15.5. The molecule has 0 amide bonds. The molecule has 1 fully saturated rings. The van der Waals surface area contributed by atoms with Gasteiger partial charge < -0.3 is 11.1 Å². The number of aromatic nitrogens is 1. The quantitative estimate of drug-likeness (QED) is 0.739. The van der Waals surface area contributed by atoms with Gasteiger partial charge in [-0.3, -0.25) is 9.88 Å². The van der Waals surface area contributed by atoms with Gasteiger partial charge in [0.2, 0.25) is 0 Å². The molecule has 134 valence electrons. The van der Waals surface area contributed by atoms with Gasteiger partial charge in [-0.15, -0.1) is 0 Å². The number of anilines is 1. The summed E-state index contributed by atoms with van der Waals surface area (Å²) in [6, 6.07) is 15.0. The molecule has 26 heavy (non-hydrogen) atoms. The van der Waals surface area contributed by atoms with Gasteiger partial charge in [-0.1, -0.05) is 41.9 Å². The molecule has 0 unspecified atom stereocenters. The van der Waals surface area contributed by atoms with E-state index in [0.29, 0.717) is 10.7 Å². The number of nitrogens with zero attached hydrogens (tertiary/aromatic N) is 2. The van der Waals surface area contributed by atoms with Gasteiger partial charge in [-0.25, -0.2) is 0 Å². The SMILES string of the molecule is Cc1nc2ccc(-c3ccc(CN4CCNCC4)cc3)cc2c(N)c1Cl. The molecule has 0 saturated carbocycles. The van der Waals surface area contributed by atoms with E-state index in [1.807, 2.05) is 13.0 Å². The Hall–Kier alpha value is -2.14. The summed E-state index contributed by atoms with van der Waals surface area (Å²) in [5, 5.41) is 4.84. The maximum Gasteiger partial charge on any atom is 0.0854 e. The van der Waals surface area contributed by atoms with Crippen LogP contribution in [0.25, 0.3) is 22.0 Å². The monoisotopic (exact) mass is 366 g/mol. The van der Waals surface area contributed by atoms with Crippen molar-refractivity contribution in [1.29, 1.82) is 0 Å². The van der Waals surface area contributed by atoms with Crippen LogP contribution in [-0.4, -0.2) is 36.1 Å². The molecule has 0 spiro atoms. The van der Waals surface area contributed by atoms with Crippen LogP contribution < -0.4 is 11.1 Å². The molecule has 2 heterocycles. The van der Waals surface area contributed by atoms with Crippen LogP contribution in [0.1, 0.15) is 11.3 Å². The van der Waals surface area contributed by atoms with E-state index in [2.05, 4.69) is 51.6 Å². The summed E-state index contributed by atoms with van der Waals surface area (Å²) in [4.78, 5) is 7.01. The zero-order valence-electron chi connectivity index (χ0n) is 14.9. The highest BCUT2D eigenvalue weighted by Crippen LogP contribution is 2.32. The summed E-state index contributed by atoms with van der Waals surface area (Å²) in [6.07, 6.45) is 0. The van der Waals surface area contributed by atoms with Crippen molar-refractivity contribution in [2.75, 3.05) is 31.9 Å². The smallest absolute Gasteiger partial charge is 0.0854 e. The predicted molar refractivity (Wildman–Crippen MR) is 109 cm³/mol. The summed E-state index contributed by atoms with van der Waals surface area (Å²) in [5.74, 6) is 0. The lowest BCUT2D eigenvalue weighted by Crippen LogP contribution is -2.42. The molecule has 1 aliphatic rings. The third-order valence-electron chi connectivity index (χ3n) is 5.03. The summed E-state index contributed by atoms with van der Waals surface area (Å²) in [5.41, 5.74) is 12.1. The van der Waals surface area contributed by atoms with E-state index in [9.17, 15) is 0 Å². The first kappa shape index (κ1) is 17.3. The average molecular weight is 367 g/mol. The molecule has 5 heteroatoms. The number of fused-ring (bicyclic) bond motifs is 1.